The number of terminal acetylenes is 1. The van der Waals surface area contributed by atoms with Gasteiger partial charge in [-0.25, -0.2) is 29.2 Å². The first-order valence-corrected chi connectivity index (χ1v) is 25.3. The summed E-state index contributed by atoms with van der Waals surface area (Å²) in [6.45, 7) is 6.07. The molecular formula is C48H82N10O20. The van der Waals surface area contributed by atoms with Crippen LogP contribution in [-0.4, -0.2) is 268 Å². The molecular weight excluding hydrogens is 1040 g/mol. The second kappa shape index (κ2) is 37.5. The summed E-state index contributed by atoms with van der Waals surface area (Å²) in [6, 6.07) is -3.35. The van der Waals surface area contributed by atoms with Gasteiger partial charge in [0.05, 0.1) is 90.8 Å². The highest BCUT2D eigenvalue weighted by Gasteiger charge is 2.47. The molecule has 2 heterocycles. The van der Waals surface area contributed by atoms with E-state index >= 15 is 0 Å². The number of aliphatic carboxylic acids is 2. The van der Waals surface area contributed by atoms with Crippen molar-refractivity contribution in [2.75, 3.05) is 126 Å². The van der Waals surface area contributed by atoms with Gasteiger partial charge in [-0.2, -0.15) is 0 Å². The Morgan fingerprint density at radius 1 is 0.654 bits per heavy atom. The maximum atomic E-state index is 13.4. The first-order valence-electron chi connectivity index (χ1n) is 25.3. The quantitative estimate of drug-likeness (QED) is 0.0122. The van der Waals surface area contributed by atoms with Gasteiger partial charge in [0.15, 0.2) is 30.2 Å². The third-order valence-electron chi connectivity index (χ3n) is 11.9. The van der Waals surface area contributed by atoms with E-state index in [-0.39, 0.29) is 38.9 Å². The maximum absolute atomic E-state index is 13.4. The molecule has 2 rings (SSSR count). The number of aliphatic hydroxyl groups is 4. The minimum atomic E-state index is -1.78. The van der Waals surface area contributed by atoms with Gasteiger partial charge in [0.1, 0.15) is 24.9 Å². The van der Waals surface area contributed by atoms with Crippen molar-refractivity contribution in [2.24, 2.45) is 38.8 Å². The number of guanidine groups is 2. The van der Waals surface area contributed by atoms with Crippen LogP contribution in [0.5, 0.6) is 0 Å². The number of ether oxygens (including phenoxy) is 9. The minimum Gasteiger partial charge on any atom is -0.479 e. The summed E-state index contributed by atoms with van der Waals surface area (Å²) >= 11 is 0. The average Bonchev–Trinajstić information content (AvgIpc) is 3.41. The average molecular weight is 1120 g/mol. The van der Waals surface area contributed by atoms with Crippen molar-refractivity contribution in [1.29, 1.82) is 0 Å². The normalized spacial score (nSPS) is 20.4. The number of rotatable bonds is 39. The Morgan fingerprint density at radius 3 is 1.56 bits per heavy atom. The molecule has 78 heavy (non-hydrogen) atoms. The third kappa shape index (κ3) is 25.5. The number of nitrogens with two attached hydrogens (primary N) is 4. The van der Waals surface area contributed by atoms with E-state index in [0.717, 1.165) is 18.9 Å². The highest BCUT2D eigenvalue weighted by molar-refractivity contribution is 5.86. The number of carboxylic acids is 2. The molecule has 15 N–H and O–H groups in total. The number of carboxylic acid groups (broad SMARTS) is 2. The highest BCUT2D eigenvalue weighted by atomic mass is 16.6. The molecule has 0 saturated carbocycles. The topological polar surface area (TPSA) is 440 Å². The Hall–Kier alpha value is -6.27. The minimum absolute atomic E-state index is 0.0476. The van der Waals surface area contributed by atoms with Crippen molar-refractivity contribution >= 4 is 42.0 Å². The lowest BCUT2D eigenvalue weighted by atomic mass is 9.87. The van der Waals surface area contributed by atoms with E-state index in [2.05, 4.69) is 26.1 Å². The number of hydrogen-bond donors (Lipinski definition) is 11. The molecule has 3 amide bonds. The molecule has 0 aromatic rings. The van der Waals surface area contributed by atoms with Crippen LogP contribution in [0, 0.1) is 18.3 Å². The molecule has 0 spiro atoms. The van der Waals surface area contributed by atoms with E-state index < -0.39 is 121 Å². The standard InChI is InChI=1S/C48H82N10O20/c1-6-16-70-20-22-73-24-25-74-23-21-72-19-15-58(14-18-71-17-13-57(5)48(69)77-40(34(62)28-59)39-30(2)32(54-45(49)50)26-36(75-39)43(64)65)12-10-8-7-9-11-56(4)47(68)78-41(35(63)29-60)42-38(53-31(3)61)33(55-46(51)52)27-37(76-42)44(66)67/h1,26-27,30,32-35,38-42,59-60,62-63H,7-25,28-29H2,2-5H3,(H,53,61)(H,64,65)(H,66,67)(H4,49,50,54)(H4,51,52,55)/t30-,32+,33+,34-,35-,38-,39-,40-,41-,42-/m1/s1. The number of amides is 3. The van der Waals surface area contributed by atoms with Crippen LogP contribution in [0.1, 0.15) is 39.5 Å². The second-order valence-electron chi connectivity index (χ2n) is 18.0. The molecule has 30 nitrogen and oxygen atoms in total. The fourth-order valence-electron chi connectivity index (χ4n) is 7.79. The smallest absolute Gasteiger partial charge is 0.410 e. The van der Waals surface area contributed by atoms with E-state index in [4.69, 9.17) is 72.0 Å². The van der Waals surface area contributed by atoms with E-state index in [1.54, 1.807) is 6.92 Å². The summed E-state index contributed by atoms with van der Waals surface area (Å²) in [7, 11) is 2.89. The molecule has 30 heteroatoms. The van der Waals surface area contributed by atoms with Gasteiger partial charge in [-0.1, -0.05) is 25.7 Å². The van der Waals surface area contributed by atoms with E-state index in [9.17, 15) is 54.6 Å². The van der Waals surface area contributed by atoms with Gasteiger partial charge in [-0.15, -0.1) is 6.42 Å². The van der Waals surface area contributed by atoms with Gasteiger partial charge in [0, 0.05) is 53.1 Å². The Bertz CT molecular complexity index is 2000. The number of unbranched alkanes of at least 4 members (excludes halogenated alkanes) is 3. The zero-order chi connectivity index (χ0) is 58.2. The number of likely N-dealkylation sites (N-methyl/N-ethyl adjacent to an activating group) is 1. The van der Waals surface area contributed by atoms with Gasteiger partial charge in [-0.3, -0.25) is 9.69 Å². The van der Waals surface area contributed by atoms with Crippen molar-refractivity contribution in [2.45, 2.75) is 94.3 Å². The number of carbonyl (C=O) groups is 5. The van der Waals surface area contributed by atoms with Crippen LogP contribution in [0.2, 0.25) is 0 Å². The Labute approximate surface area is 453 Å². The van der Waals surface area contributed by atoms with Crippen molar-refractivity contribution in [3.05, 3.63) is 23.7 Å². The molecule has 2 aliphatic heterocycles. The molecule has 0 aromatic heterocycles. The molecule has 0 aromatic carbocycles. The number of aliphatic imine (C=N–C) groups is 2. The number of carbonyl (C=O) groups excluding carboxylic acids is 3. The fraction of sp³-hybridized carbons (Fsp3) is 0.729. The van der Waals surface area contributed by atoms with Crippen molar-refractivity contribution in [3.63, 3.8) is 0 Å². The first-order chi connectivity index (χ1) is 37.1. The SMILES string of the molecule is C#CCOCCOCCOCCOCCN(CCCCCCN(C)C(=O)O[C@@H]([C@@H]1OC(C(=O)O)=C[C@H](N=C(N)N)[C@H]1NC(C)=O)[C@H](O)CO)CCOCCN(C)C(=O)O[C@@H]([C@@H]1OC(C(=O)O)=C[C@H](N=C(N)N)[C@H]1C)[C@H](O)CO. The van der Waals surface area contributed by atoms with Crippen molar-refractivity contribution < 1.29 is 97.2 Å². The van der Waals surface area contributed by atoms with Gasteiger partial charge < -0.3 is 111 Å². The van der Waals surface area contributed by atoms with Crippen LogP contribution in [0.15, 0.2) is 33.7 Å². The lowest BCUT2D eigenvalue weighted by molar-refractivity contribution is -0.148. The zero-order valence-electron chi connectivity index (χ0n) is 44.8. The number of hydrogen-bond acceptors (Lipinski definition) is 21. The highest BCUT2D eigenvalue weighted by Crippen LogP contribution is 2.31. The summed E-state index contributed by atoms with van der Waals surface area (Å²) in [5, 5.41) is 63.1. The van der Waals surface area contributed by atoms with Crippen LogP contribution >= 0.6 is 0 Å². The molecule has 0 aliphatic carbocycles. The zero-order valence-corrected chi connectivity index (χ0v) is 44.8. The third-order valence-corrected chi connectivity index (χ3v) is 11.9. The number of nitrogens with zero attached hydrogens (tertiary/aromatic N) is 5. The van der Waals surface area contributed by atoms with Crippen molar-refractivity contribution in [3.8, 4) is 12.3 Å². The summed E-state index contributed by atoms with van der Waals surface area (Å²) in [4.78, 5) is 75.2. The van der Waals surface area contributed by atoms with E-state index in [0.29, 0.717) is 78.7 Å². The molecule has 0 radical (unpaired) electrons. The molecule has 0 unspecified atom stereocenters. The summed E-state index contributed by atoms with van der Waals surface area (Å²) in [5.41, 5.74) is 22.2. The lowest BCUT2D eigenvalue weighted by Gasteiger charge is -2.40. The summed E-state index contributed by atoms with van der Waals surface area (Å²) in [5.74, 6) is -3.86. The van der Waals surface area contributed by atoms with Crippen LogP contribution in [0.4, 0.5) is 9.59 Å². The maximum Gasteiger partial charge on any atom is 0.410 e. The Balaban J connectivity index is 1.99. The molecule has 10 atom stereocenters. The summed E-state index contributed by atoms with van der Waals surface area (Å²) in [6.07, 6.45) is -1.23. The molecule has 0 saturated heterocycles. The monoisotopic (exact) mass is 1120 g/mol. The van der Waals surface area contributed by atoms with Crippen LogP contribution in [0.25, 0.3) is 0 Å². The predicted molar refractivity (Wildman–Crippen MR) is 277 cm³/mol. The summed E-state index contributed by atoms with van der Waals surface area (Å²) < 4.78 is 50.3. The van der Waals surface area contributed by atoms with Gasteiger partial charge >= 0.3 is 24.1 Å². The molecule has 0 fully saturated rings. The first kappa shape index (κ1) is 67.8. The van der Waals surface area contributed by atoms with Crippen molar-refractivity contribution in [1.82, 2.24) is 20.0 Å². The Morgan fingerprint density at radius 2 is 1.08 bits per heavy atom. The number of aliphatic hydroxyl groups excluding tert-OH is 4. The molecule has 2 aliphatic rings. The van der Waals surface area contributed by atoms with Crippen LogP contribution < -0.4 is 28.3 Å². The molecule has 0 bridgehead atoms. The predicted octanol–water partition coefficient (Wildman–Crippen LogP) is -3.70. The molecule has 444 valence electrons. The van der Waals surface area contributed by atoms with Crippen LogP contribution in [-0.2, 0) is 57.0 Å². The lowest BCUT2D eigenvalue weighted by Crippen LogP contribution is -2.61. The van der Waals surface area contributed by atoms with Gasteiger partial charge in [0.25, 0.3) is 0 Å². The Kier molecular flexibility index (Phi) is 32.6. The number of nitrogens with one attached hydrogen (secondary N) is 1. The van der Waals surface area contributed by atoms with E-state index in [1.165, 1.54) is 36.9 Å². The van der Waals surface area contributed by atoms with Gasteiger partial charge in [-0.05, 0) is 31.5 Å². The van der Waals surface area contributed by atoms with Crippen LogP contribution in [0.3, 0.4) is 0 Å². The van der Waals surface area contributed by atoms with E-state index in [1.807, 2.05) is 0 Å². The second-order valence-corrected chi connectivity index (χ2v) is 18.0. The largest absolute Gasteiger partial charge is 0.479 e. The van der Waals surface area contributed by atoms with Gasteiger partial charge in [0.2, 0.25) is 17.4 Å². The fourth-order valence-corrected chi connectivity index (χ4v) is 7.79.